The number of tetrazole rings is 1. The summed E-state index contributed by atoms with van der Waals surface area (Å²) in [5, 5.41) is 11.3. The van der Waals surface area contributed by atoms with E-state index >= 15 is 0 Å². The van der Waals surface area contributed by atoms with E-state index in [-0.39, 0.29) is 12.0 Å². The molecule has 2 aromatic rings. The molecule has 26 heavy (non-hydrogen) atoms. The fraction of sp³-hybridized carbons (Fsp3) is 0.556. The molecule has 1 amide bonds. The molecule has 0 radical (unpaired) electrons. The molecule has 138 valence electrons. The Morgan fingerprint density at radius 1 is 1.42 bits per heavy atom. The van der Waals surface area contributed by atoms with Crippen LogP contribution >= 0.6 is 11.8 Å². The molecular formula is C18H23N5O2S. The molecule has 8 heteroatoms. The minimum atomic E-state index is 0.0966. The van der Waals surface area contributed by atoms with Gasteiger partial charge < -0.3 is 9.64 Å². The summed E-state index contributed by atoms with van der Waals surface area (Å²) in [7, 11) is 0. The number of rotatable bonds is 5. The number of thioether (sulfide) groups is 1. The van der Waals surface area contributed by atoms with Gasteiger partial charge in [0.15, 0.2) is 0 Å². The van der Waals surface area contributed by atoms with Gasteiger partial charge in [-0.25, -0.2) is 4.68 Å². The van der Waals surface area contributed by atoms with Gasteiger partial charge in [0, 0.05) is 30.5 Å². The van der Waals surface area contributed by atoms with Crippen molar-refractivity contribution in [2.45, 2.75) is 38.3 Å². The van der Waals surface area contributed by atoms with Gasteiger partial charge in [-0.3, -0.25) is 4.79 Å². The van der Waals surface area contributed by atoms with Crippen molar-refractivity contribution in [3.8, 4) is 5.69 Å². The van der Waals surface area contributed by atoms with Crippen LogP contribution in [0.25, 0.3) is 5.69 Å². The summed E-state index contributed by atoms with van der Waals surface area (Å²) in [4.78, 5) is 15.3. The van der Waals surface area contributed by atoms with Gasteiger partial charge in [0.05, 0.1) is 11.8 Å². The van der Waals surface area contributed by atoms with Crippen LogP contribution in [0.4, 0.5) is 0 Å². The Morgan fingerprint density at radius 2 is 2.35 bits per heavy atom. The van der Waals surface area contributed by atoms with Crippen LogP contribution in [-0.4, -0.2) is 67.8 Å². The van der Waals surface area contributed by atoms with Gasteiger partial charge in [-0.1, -0.05) is 0 Å². The fourth-order valence-electron chi connectivity index (χ4n) is 3.66. The highest BCUT2D eigenvalue weighted by Gasteiger charge is 2.31. The van der Waals surface area contributed by atoms with E-state index in [1.807, 2.05) is 41.8 Å². The largest absolute Gasteiger partial charge is 0.376 e. The lowest BCUT2D eigenvalue weighted by Gasteiger charge is -2.31. The summed E-state index contributed by atoms with van der Waals surface area (Å²) in [5.41, 5.74) is 2.57. The second-order valence-corrected chi connectivity index (χ2v) is 8.02. The predicted molar refractivity (Wildman–Crippen MR) is 99.6 cm³/mol. The zero-order chi connectivity index (χ0) is 17.9. The number of carbonyl (C=O) groups excluding carboxylic acids is 1. The molecule has 0 bridgehead atoms. The van der Waals surface area contributed by atoms with Crippen LogP contribution in [0, 0.1) is 6.92 Å². The summed E-state index contributed by atoms with van der Waals surface area (Å²) >= 11 is 1.92. The third-order valence-corrected chi connectivity index (χ3v) is 6.22. The Hall–Kier alpha value is -1.93. The molecular weight excluding hydrogens is 350 g/mol. The molecule has 0 N–H and O–H groups in total. The van der Waals surface area contributed by atoms with E-state index in [2.05, 4.69) is 15.5 Å². The van der Waals surface area contributed by atoms with Crippen LogP contribution in [0.1, 0.15) is 35.2 Å². The van der Waals surface area contributed by atoms with Crippen LogP contribution in [-0.2, 0) is 4.74 Å². The number of ether oxygens (including phenoxy) is 1. The maximum atomic E-state index is 13.3. The van der Waals surface area contributed by atoms with Gasteiger partial charge in [0.25, 0.3) is 5.91 Å². The van der Waals surface area contributed by atoms with Gasteiger partial charge in [0.2, 0.25) is 0 Å². The van der Waals surface area contributed by atoms with Gasteiger partial charge in [0.1, 0.15) is 6.33 Å². The second kappa shape index (κ2) is 7.75. The molecule has 3 heterocycles. The molecule has 2 fully saturated rings. The van der Waals surface area contributed by atoms with Gasteiger partial charge >= 0.3 is 0 Å². The highest BCUT2D eigenvalue weighted by Crippen LogP contribution is 2.26. The smallest absolute Gasteiger partial charge is 0.254 e. The molecule has 2 unspecified atom stereocenters. The maximum Gasteiger partial charge on any atom is 0.254 e. The van der Waals surface area contributed by atoms with Crippen molar-refractivity contribution in [2.75, 3.05) is 24.7 Å². The monoisotopic (exact) mass is 373 g/mol. The Morgan fingerprint density at radius 3 is 3.00 bits per heavy atom. The van der Waals surface area contributed by atoms with E-state index in [4.69, 9.17) is 4.74 Å². The van der Waals surface area contributed by atoms with E-state index < -0.39 is 0 Å². The third-order valence-electron chi connectivity index (χ3n) is 5.07. The zero-order valence-corrected chi connectivity index (χ0v) is 15.7. The lowest BCUT2D eigenvalue weighted by atomic mass is 10.1. The lowest BCUT2D eigenvalue weighted by Crippen LogP contribution is -2.44. The molecule has 4 rings (SSSR count). The number of aromatic nitrogens is 4. The number of carbonyl (C=O) groups is 1. The lowest BCUT2D eigenvalue weighted by molar-refractivity contribution is 0.0441. The molecule has 2 aliphatic rings. The molecule has 2 aliphatic heterocycles. The van der Waals surface area contributed by atoms with E-state index in [1.165, 1.54) is 0 Å². The molecule has 0 saturated carbocycles. The maximum absolute atomic E-state index is 13.3. The van der Waals surface area contributed by atoms with E-state index in [9.17, 15) is 4.79 Å². The van der Waals surface area contributed by atoms with Crippen LogP contribution < -0.4 is 0 Å². The second-order valence-electron chi connectivity index (χ2n) is 6.87. The van der Waals surface area contributed by atoms with Crippen LogP contribution in [0.5, 0.6) is 0 Å². The van der Waals surface area contributed by atoms with E-state index in [0.29, 0.717) is 18.2 Å². The summed E-state index contributed by atoms with van der Waals surface area (Å²) in [5.74, 6) is 2.23. The molecule has 2 saturated heterocycles. The number of aryl methyl sites for hydroxylation is 1. The van der Waals surface area contributed by atoms with Crippen molar-refractivity contribution in [3.05, 3.63) is 35.7 Å². The van der Waals surface area contributed by atoms with Crippen molar-refractivity contribution in [3.63, 3.8) is 0 Å². The topological polar surface area (TPSA) is 73.1 Å². The van der Waals surface area contributed by atoms with Crippen LogP contribution in [0.3, 0.4) is 0 Å². The summed E-state index contributed by atoms with van der Waals surface area (Å²) in [6.07, 6.45) is 4.92. The normalized spacial score (nSPS) is 22.7. The summed E-state index contributed by atoms with van der Waals surface area (Å²) in [6.45, 7) is 3.48. The number of nitrogens with zero attached hydrogens (tertiary/aromatic N) is 5. The predicted octanol–water partition coefficient (Wildman–Crippen LogP) is 2.10. The van der Waals surface area contributed by atoms with Gasteiger partial charge in [-0.2, -0.15) is 11.8 Å². The van der Waals surface area contributed by atoms with Crippen LogP contribution in [0.2, 0.25) is 0 Å². The minimum Gasteiger partial charge on any atom is -0.376 e. The van der Waals surface area contributed by atoms with Crippen molar-refractivity contribution in [1.82, 2.24) is 25.1 Å². The van der Waals surface area contributed by atoms with Gasteiger partial charge in [-0.15, -0.1) is 5.10 Å². The molecule has 0 aliphatic carbocycles. The first-order chi connectivity index (χ1) is 12.7. The van der Waals surface area contributed by atoms with Crippen LogP contribution in [0.15, 0.2) is 24.5 Å². The van der Waals surface area contributed by atoms with E-state index in [0.717, 1.165) is 48.6 Å². The number of hydrogen-bond acceptors (Lipinski definition) is 6. The number of hydrogen-bond donors (Lipinski definition) is 0. The van der Waals surface area contributed by atoms with Crippen molar-refractivity contribution in [2.24, 2.45) is 0 Å². The third kappa shape index (κ3) is 3.61. The average Bonchev–Trinajstić information content (AvgIpc) is 3.42. The summed E-state index contributed by atoms with van der Waals surface area (Å²) < 4.78 is 7.41. The Balaban J connectivity index is 1.57. The average molecular weight is 373 g/mol. The summed E-state index contributed by atoms with van der Waals surface area (Å²) in [6, 6.07) is 6.02. The first kappa shape index (κ1) is 17.5. The molecule has 1 aromatic carbocycles. The Kier molecular flexibility index (Phi) is 5.21. The number of amides is 1. The number of benzene rings is 1. The Bertz CT molecular complexity index is 755. The molecule has 0 spiro atoms. The quantitative estimate of drug-likeness (QED) is 0.799. The highest BCUT2D eigenvalue weighted by atomic mass is 32.2. The van der Waals surface area contributed by atoms with E-state index in [1.54, 1.807) is 11.0 Å². The van der Waals surface area contributed by atoms with Crippen molar-refractivity contribution < 1.29 is 9.53 Å². The first-order valence-electron chi connectivity index (χ1n) is 9.06. The SMILES string of the molecule is Cc1cc(C(=O)N(CC2CCCO2)C2CCSC2)ccc1-n1cnnn1. The Labute approximate surface area is 157 Å². The van der Waals surface area contributed by atoms with Gasteiger partial charge in [-0.05, 0) is 66.1 Å². The molecule has 2 atom stereocenters. The van der Waals surface area contributed by atoms with Crippen molar-refractivity contribution >= 4 is 17.7 Å². The first-order valence-corrected chi connectivity index (χ1v) is 10.2. The highest BCUT2D eigenvalue weighted by molar-refractivity contribution is 7.99. The standard InChI is InChI=1S/C18H23N5O2S/c1-13-9-14(4-5-17(13)23-12-19-20-21-23)18(24)22(15-6-8-26-11-15)10-16-3-2-7-25-16/h4-5,9,12,15-16H,2-3,6-8,10-11H2,1H3. The minimum absolute atomic E-state index is 0.0966. The van der Waals surface area contributed by atoms with Crippen molar-refractivity contribution in [1.29, 1.82) is 0 Å². The molecule has 7 nitrogen and oxygen atoms in total. The fourth-order valence-corrected chi connectivity index (χ4v) is 4.88. The molecule has 1 aromatic heterocycles. The zero-order valence-electron chi connectivity index (χ0n) is 14.9.